The van der Waals surface area contributed by atoms with Crippen LogP contribution in [0.25, 0.3) is 0 Å². The number of ether oxygens (including phenoxy) is 1. The van der Waals surface area contributed by atoms with Crippen LogP contribution in [0.3, 0.4) is 0 Å². The van der Waals surface area contributed by atoms with Gasteiger partial charge in [0.2, 0.25) is 10.0 Å². The summed E-state index contributed by atoms with van der Waals surface area (Å²) >= 11 is 0. The molecule has 1 aliphatic heterocycles. The minimum Gasteiger partial charge on any atom is -0.465 e. The quantitative estimate of drug-likeness (QED) is 0.784. The molecular weight excluding hydrogens is 266 g/mol. The molecule has 1 fully saturated rings. The third-order valence-corrected chi connectivity index (χ3v) is 5.03. The molecule has 0 bridgehead atoms. The van der Waals surface area contributed by atoms with E-state index < -0.39 is 22.0 Å². The van der Waals surface area contributed by atoms with Gasteiger partial charge in [-0.3, -0.25) is 4.79 Å². The zero-order valence-electron chi connectivity index (χ0n) is 10.8. The standard InChI is InChI=1S/C13H17NO4S/c1-2-18-13(15)12-9-6-10-14(12)19(16,17)11-7-4-3-5-8-11/h3-5,7-8,12H,2,6,9-10H2,1H3. The number of nitrogens with zero attached hydrogens (tertiary/aromatic N) is 1. The number of hydrogen-bond acceptors (Lipinski definition) is 4. The van der Waals surface area contributed by atoms with Gasteiger partial charge in [0.1, 0.15) is 6.04 Å². The van der Waals surface area contributed by atoms with Crippen LogP contribution < -0.4 is 0 Å². The van der Waals surface area contributed by atoms with Crippen molar-refractivity contribution in [3.8, 4) is 0 Å². The second-order valence-corrected chi connectivity index (χ2v) is 6.23. The lowest BCUT2D eigenvalue weighted by Gasteiger charge is -2.22. The van der Waals surface area contributed by atoms with Crippen molar-refractivity contribution in [2.75, 3.05) is 13.2 Å². The Morgan fingerprint density at radius 2 is 2.05 bits per heavy atom. The molecule has 0 aromatic heterocycles. The van der Waals surface area contributed by atoms with Crippen molar-refractivity contribution in [3.05, 3.63) is 30.3 Å². The normalized spacial score (nSPS) is 20.4. The van der Waals surface area contributed by atoms with E-state index in [0.717, 1.165) is 0 Å². The molecule has 1 aromatic carbocycles. The van der Waals surface area contributed by atoms with E-state index in [0.29, 0.717) is 19.4 Å². The maximum Gasteiger partial charge on any atom is 0.324 e. The SMILES string of the molecule is CCOC(=O)C1CCCN1S(=O)(=O)c1ccccc1. The van der Waals surface area contributed by atoms with E-state index in [1.165, 1.54) is 16.4 Å². The predicted octanol–water partition coefficient (Wildman–Crippen LogP) is 1.40. The summed E-state index contributed by atoms with van der Waals surface area (Å²) in [5.74, 6) is -0.459. The summed E-state index contributed by atoms with van der Waals surface area (Å²) in [6.07, 6.45) is 1.19. The fraction of sp³-hybridized carbons (Fsp3) is 0.462. The Hall–Kier alpha value is -1.40. The van der Waals surface area contributed by atoms with Crippen molar-refractivity contribution in [2.24, 2.45) is 0 Å². The molecule has 1 heterocycles. The van der Waals surface area contributed by atoms with E-state index in [1.54, 1.807) is 25.1 Å². The molecule has 0 amide bonds. The van der Waals surface area contributed by atoms with E-state index in [2.05, 4.69) is 0 Å². The van der Waals surface area contributed by atoms with Gasteiger partial charge in [0.25, 0.3) is 0 Å². The van der Waals surface area contributed by atoms with Crippen molar-refractivity contribution in [2.45, 2.75) is 30.7 Å². The molecule has 1 aromatic rings. The van der Waals surface area contributed by atoms with Crippen LogP contribution in [-0.2, 0) is 19.6 Å². The molecule has 6 heteroatoms. The average Bonchev–Trinajstić information content (AvgIpc) is 2.90. The molecule has 2 rings (SSSR count). The highest BCUT2D eigenvalue weighted by molar-refractivity contribution is 7.89. The van der Waals surface area contributed by atoms with E-state index in [9.17, 15) is 13.2 Å². The van der Waals surface area contributed by atoms with Crippen molar-refractivity contribution >= 4 is 16.0 Å². The fourth-order valence-corrected chi connectivity index (χ4v) is 3.90. The van der Waals surface area contributed by atoms with Gasteiger partial charge in [0.15, 0.2) is 0 Å². The largest absolute Gasteiger partial charge is 0.465 e. The zero-order valence-corrected chi connectivity index (χ0v) is 11.6. The van der Waals surface area contributed by atoms with Gasteiger partial charge in [0, 0.05) is 6.54 Å². The summed E-state index contributed by atoms with van der Waals surface area (Å²) in [5.41, 5.74) is 0. The van der Waals surface area contributed by atoms with E-state index in [1.807, 2.05) is 0 Å². The first kappa shape index (κ1) is 14.0. The van der Waals surface area contributed by atoms with Crippen molar-refractivity contribution < 1.29 is 17.9 Å². The molecule has 1 atom stereocenters. The first-order chi connectivity index (χ1) is 9.07. The monoisotopic (exact) mass is 283 g/mol. The molecule has 19 heavy (non-hydrogen) atoms. The van der Waals surface area contributed by atoms with Crippen molar-refractivity contribution in [3.63, 3.8) is 0 Å². The molecule has 0 saturated carbocycles. The van der Waals surface area contributed by atoms with Crippen molar-refractivity contribution in [1.29, 1.82) is 0 Å². The average molecular weight is 283 g/mol. The summed E-state index contributed by atoms with van der Waals surface area (Å²) in [5, 5.41) is 0. The molecule has 1 aliphatic rings. The summed E-state index contributed by atoms with van der Waals surface area (Å²) in [7, 11) is -3.62. The first-order valence-electron chi connectivity index (χ1n) is 6.31. The summed E-state index contributed by atoms with van der Waals surface area (Å²) < 4.78 is 31.1. The van der Waals surface area contributed by atoms with Crippen molar-refractivity contribution in [1.82, 2.24) is 4.31 Å². The molecular formula is C13H17NO4S. The Bertz CT molecular complexity index is 541. The van der Waals surface area contributed by atoms with Crippen LogP contribution in [0.5, 0.6) is 0 Å². The smallest absolute Gasteiger partial charge is 0.324 e. The van der Waals surface area contributed by atoms with Gasteiger partial charge in [-0.2, -0.15) is 4.31 Å². The van der Waals surface area contributed by atoms with Crippen LogP contribution in [-0.4, -0.2) is 37.9 Å². The molecule has 0 aliphatic carbocycles. The third-order valence-electron chi connectivity index (χ3n) is 3.11. The summed E-state index contributed by atoms with van der Waals surface area (Å²) in [4.78, 5) is 12.0. The lowest BCUT2D eigenvalue weighted by Crippen LogP contribution is -2.41. The maximum absolute atomic E-state index is 12.5. The van der Waals surface area contributed by atoms with Gasteiger partial charge < -0.3 is 4.74 Å². The summed E-state index contributed by atoms with van der Waals surface area (Å²) in [6.45, 7) is 2.33. The van der Waals surface area contributed by atoms with Gasteiger partial charge in [0.05, 0.1) is 11.5 Å². The molecule has 0 spiro atoms. The highest BCUT2D eigenvalue weighted by Crippen LogP contribution is 2.26. The second-order valence-electron chi connectivity index (χ2n) is 4.34. The zero-order chi connectivity index (χ0) is 13.9. The topological polar surface area (TPSA) is 63.7 Å². The fourth-order valence-electron chi connectivity index (χ4n) is 2.23. The predicted molar refractivity (Wildman–Crippen MR) is 70.0 cm³/mol. The summed E-state index contributed by atoms with van der Waals surface area (Å²) in [6, 6.07) is 7.48. The van der Waals surface area contributed by atoms with Gasteiger partial charge >= 0.3 is 5.97 Å². The van der Waals surface area contributed by atoms with Crippen LogP contribution in [0, 0.1) is 0 Å². The minimum absolute atomic E-state index is 0.214. The van der Waals surface area contributed by atoms with E-state index in [-0.39, 0.29) is 11.5 Å². The molecule has 5 nitrogen and oxygen atoms in total. The van der Waals surface area contributed by atoms with Crippen LogP contribution in [0.1, 0.15) is 19.8 Å². The van der Waals surface area contributed by atoms with Crippen LogP contribution in [0.15, 0.2) is 35.2 Å². The third kappa shape index (κ3) is 2.79. The van der Waals surface area contributed by atoms with Crippen LogP contribution in [0.4, 0.5) is 0 Å². The lowest BCUT2D eigenvalue weighted by molar-refractivity contribution is -0.146. The molecule has 104 valence electrons. The maximum atomic E-state index is 12.5. The van der Waals surface area contributed by atoms with Crippen LogP contribution >= 0.6 is 0 Å². The van der Waals surface area contributed by atoms with E-state index >= 15 is 0 Å². The Balaban J connectivity index is 2.27. The Morgan fingerprint density at radius 1 is 1.37 bits per heavy atom. The van der Waals surface area contributed by atoms with Gasteiger partial charge in [-0.05, 0) is 31.9 Å². The van der Waals surface area contributed by atoms with Crippen LogP contribution in [0.2, 0.25) is 0 Å². The Labute approximate surface area is 113 Å². The highest BCUT2D eigenvalue weighted by Gasteiger charge is 2.40. The molecule has 1 unspecified atom stereocenters. The van der Waals surface area contributed by atoms with E-state index in [4.69, 9.17) is 4.74 Å². The first-order valence-corrected chi connectivity index (χ1v) is 7.75. The molecule has 0 N–H and O–H groups in total. The minimum atomic E-state index is -3.62. The number of carbonyl (C=O) groups excluding carboxylic acids is 1. The number of sulfonamides is 1. The molecule has 1 saturated heterocycles. The lowest BCUT2D eigenvalue weighted by atomic mass is 10.2. The number of rotatable bonds is 4. The second kappa shape index (κ2) is 5.71. The number of benzene rings is 1. The number of hydrogen-bond donors (Lipinski definition) is 0. The van der Waals surface area contributed by atoms with Gasteiger partial charge in [-0.1, -0.05) is 18.2 Å². The Kier molecular flexibility index (Phi) is 4.21. The number of carbonyl (C=O) groups is 1. The van der Waals surface area contributed by atoms with Gasteiger partial charge in [-0.25, -0.2) is 8.42 Å². The highest BCUT2D eigenvalue weighted by atomic mass is 32.2. The Morgan fingerprint density at radius 3 is 2.68 bits per heavy atom. The number of esters is 1. The molecule has 0 radical (unpaired) electrons. The van der Waals surface area contributed by atoms with Gasteiger partial charge in [-0.15, -0.1) is 0 Å².